The van der Waals surface area contributed by atoms with Crippen molar-refractivity contribution >= 4 is 0 Å². The van der Waals surface area contributed by atoms with Crippen LogP contribution in [0.5, 0.6) is 0 Å². The van der Waals surface area contributed by atoms with E-state index in [1.165, 1.54) is 5.56 Å². The van der Waals surface area contributed by atoms with Crippen LogP contribution in [0.4, 0.5) is 0 Å². The molecule has 0 saturated carbocycles. The Labute approximate surface area is 95.9 Å². The van der Waals surface area contributed by atoms with Crippen molar-refractivity contribution in [2.24, 2.45) is 5.92 Å². The summed E-state index contributed by atoms with van der Waals surface area (Å²) >= 11 is 0. The summed E-state index contributed by atoms with van der Waals surface area (Å²) < 4.78 is 0. The van der Waals surface area contributed by atoms with Gasteiger partial charge in [-0.2, -0.15) is 5.26 Å². The first-order chi connectivity index (χ1) is 7.81. The molecule has 3 nitrogen and oxygen atoms in total. The highest BCUT2D eigenvalue weighted by Crippen LogP contribution is 2.18. The van der Waals surface area contributed by atoms with E-state index in [0.717, 1.165) is 26.1 Å². The van der Waals surface area contributed by atoms with Gasteiger partial charge in [-0.05, 0) is 36.6 Å². The minimum Gasteiger partial charge on any atom is -0.396 e. The zero-order valence-corrected chi connectivity index (χ0v) is 9.26. The molecule has 1 aromatic rings. The van der Waals surface area contributed by atoms with Gasteiger partial charge in [-0.25, -0.2) is 0 Å². The van der Waals surface area contributed by atoms with Crippen LogP contribution in [-0.4, -0.2) is 29.7 Å². The molecule has 0 spiro atoms. The topological polar surface area (TPSA) is 47.3 Å². The van der Waals surface area contributed by atoms with Crippen molar-refractivity contribution in [3.63, 3.8) is 0 Å². The number of nitriles is 1. The standard InChI is InChI=1S/C13H16N2O/c14-7-11-1-3-12(4-2-11)8-15-6-5-13(9-15)10-16/h1-4,13,16H,5-6,8-10H2. The molecule has 1 aliphatic heterocycles. The summed E-state index contributed by atoms with van der Waals surface area (Å²) in [5, 5.41) is 17.7. The number of nitrogens with zero attached hydrogens (tertiary/aromatic N) is 2. The highest BCUT2D eigenvalue weighted by atomic mass is 16.3. The summed E-state index contributed by atoms with van der Waals surface area (Å²) in [5.41, 5.74) is 1.94. The van der Waals surface area contributed by atoms with Gasteiger partial charge in [0.15, 0.2) is 0 Å². The molecule has 0 bridgehead atoms. The molecule has 0 aliphatic carbocycles. The summed E-state index contributed by atoms with van der Waals surface area (Å²) in [4.78, 5) is 2.35. The van der Waals surface area contributed by atoms with Gasteiger partial charge < -0.3 is 5.11 Å². The lowest BCUT2D eigenvalue weighted by atomic mass is 10.1. The van der Waals surface area contributed by atoms with Crippen LogP contribution >= 0.6 is 0 Å². The number of rotatable bonds is 3. The summed E-state index contributed by atoms with van der Waals surface area (Å²) in [6.45, 7) is 3.26. The van der Waals surface area contributed by atoms with Crippen LogP contribution in [0.15, 0.2) is 24.3 Å². The second-order valence-electron chi connectivity index (χ2n) is 4.38. The molecule has 1 saturated heterocycles. The predicted octanol–water partition coefficient (Wildman–Crippen LogP) is 1.37. The zero-order valence-electron chi connectivity index (χ0n) is 9.26. The van der Waals surface area contributed by atoms with Crippen LogP contribution in [0.1, 0.15) is 17.5 Å². The Kier molecular flexibility index (Phi) is 3.55. The lowest BCUT2D eigenvalue weighted by Gasteiger charge is -2.15. The Hall–Kier alpha value is -1.37. The average molecular weight is 216 g/mol. The lowest BCUT2D eigenvalue weighted by Crippen LogP contribution is -2.20. The molecule has 1 N–H and O–H groups in total. The molecule has 1 aromatic carbocycles. The van der Waals surface area contributed by atoms with Gasteiger partial charge in [0, 0.05) is 19.7 Å². The highest BCUT2D eigenvalue weighted by Gasteiger charge is 2.21. The van der Waals surface area contributed by atoms with E-state index >= 15 is 0 Å². The van der Waals surface area contributed by atoms with Crippen molar-refractivity contribution in [2.75, 3.05) is 19.7 Å². The molecule has 1 atom stereocenters. The van der Waals surface area contributed by atoms with Crippen molar-refractivity contribution in [1.29, 1.82) is 5.26 Å². The van der Waals surface area contributed by atoms with E-state index in [9.17, 15) is 0 Å². The first kappa shape index (κ1) is 11.1. The van der Waals surface area contributed by atoms with E-state index in [0.29, 0.717) is 18.1 Å². The third-order valence-electron chi connectivity index (χ3n) is 3.12. The van der Waals surface area contributed by atoms with Gasteiger partial charge in [0.2, 0.25) is 0 Å². The number of hydrogen-bond acceptors (Lipinski definition) is 3. The number of aliphatic hydroxyl groups is 1. The fourth-order valence-electron chi connectivity index (χ4n) is 2.15. The average Bonchev–Trinajstić information content (AvgIpc) is 2.78. The maximum absolute atomic E-state index is 9.06. The third-order valence-corrected chi connectivity index (χ3v) is 3.12. The van der Waals surface area contributed by atoms with Gasteiger partial charge >= 0.3 is 0 Å². The molecule has 3 heteroatoms. The van der Waals surface area contributed by atoms with Crippen molar-refractivity contribution < 1.29 is 5.11 Å². The van der Waals surface area contributed by atoms with Gasteiger partial charge in [0.05, 0.1) is 11.6 Å². The fraction of sp³-hybridized carbons (Fsp3) is 0.462. The summed E-state index contributed by atoms with van der Waals surface area (Å²) in [6, 6.07) is 9.84. The van der Waals surface area contributed by atoms with Gasteiger partial charge in [-0.15, -0.1) is 0 Å². The Morgan fingerprint density at radius 2 is 2.12 bits per heavy atom. The van der Waals surface area contributed by atoms with Crippen molar-refractivity contribution in [2.45, 2.75) is 13.0 Å². The van der Waals surface area contributed by atoms with Crippen molar-refractivity contribution in [3.8, 4) is 6.07 Å². The van der Waals surface area contributed by atoms with Crippen LogP contribution in [0, 0.1) is 17.2 Å². The molecule has 1 unspecified atom stereocenters. The summed E-state index contributed by atoms with van der Waals surface area (Å²) in [7, 11) is 0. The smallest absolute Gasteiger partial charge is 0.0991 e. The van der Waals surface area contributed by atoms with Crippen molar-refractivity contribution in [3.05, 3.63) is 35.4 Å². The van der Waals surface area contributed by atoms with E-state index < -0.39 is 0 Å². The fourth-order valence-corrected chi connectivity index (χ4v) is 2.15. The Balaban J connectivity index is 1.92. The molecule has 1 heterocycles. The molecular weight excluding hydrogens is 200 g/mol. The maximum atomic E-state index is 9.06. The van der Waals surface area contributed by atoms with Crippen LogP contribution in [-0.2, 0) is 6.54 Å². The quantitative estimate of drug-likeness (QED) is 0.830. The zero-order chi connectivity index (χ0) is 11.4. The molecule has 0 aromatic heterocycles. The number of benzene rings is 1. The minimum absolute atomic E-state index is 0.296. The third kappa shape index (κ3) is 2.60. The first-order valence-corrected chi connectivity index (χ1v) is 5.64. The second-order valence-corrected chi connectivity index (χ2v) is 4.38. The van der Waals surface area contributed by atoms with Crippen LogP contribution in [0.25, 0.3) is 0 Å². The predicted molar refractivity (Wildman–Crippen MR) is 61.6 cm³/mol. The van der Waals surface area contributed by atoms with Crippen LogP contribution in [0.3, 0.4) is 0 Å². The Morgan fingerprint density at radius 1 is 1.38 bits per heavy atom. The molecule has 1 aliphatic rings. The Bertz CT molecular complexity index is 380. The van der Waals surface area contributed by atoms with Crippen LogP contribution in [0.2, 0.25) is 0 Å². The molecule has 16 heavy (non-hydrogen) atoms. The van der Waals surface area contributed by atoms with Crippen molar-refractivity contribution in [1.82, 2.24) is 4.90 Å². The largest absolute Gasteiger partial charge is 0.396 e. The maximum Gasteiger partial charge on any atom is 0.0991 e. The van der Waals surface area contributed by atoms with Gasteiger partial charge in [-0.3, -0.25) is 4.90 Å². The summed E-state index contributed by atoms with van der Waals surface area (Å²) in [6.07, 6.45) is 1.09. The van der Waals surface area contributed by atoms with E-state index in [2.05, 4.69) is 11.0 Å². The first-order valence-electron chi connectivity index (χ1n) is 5.64. The molecule has 2 rings (SSSR count). The number of aliphatic hydroxyl groups excluding tert-OH is 1. The molecule has 1 fully saturated rings. The molecule has 0 radical (unpaired) electrons. The molecule has 84 valence electrons. The van der Waals surface area contributed by atoms with Gasteiger partial charge in [0.25, 0.3) is 0 Å². The number of likely N-dealkylation sites (tertiary alicyclic amines) is 1. The minimum atomic E-state index is 0.296. The van der Waals surface area contributed by atoms with Crippen LogP contribution < -0.4 is 0 Å². The van der Waals surface area contributed by atoms with E-state index in [1.807, 2.05) is 24.3 Å². The van der Waals surface area contributed by atoms with E-state index in [1.54, 1.807) is 0 Å². The van der Waals surface area contributed by atoms with E-state index in [-0.39, 0.29) is 0 Å². The SMILES string of the molecule is N#Cc1ccc(CN2CCC(CO)C2)cc1. The number of hydrogen-bond donors (Lipinski definition) is 1. The Morgan fingerprint density at radius 3 is 2.69 bits per heavy atom. The van der Waals surface area contributed by atoms with Gasteiger partial charge in [0.1, 0.15) is 0 Å². The summed E-state index contributed by atoms with van der Waals surface area (Å²) in [5.74, 6) is 0.443. The lowest BCUT2D eigenvalue weighted by molar-refractivity contribution is 0.220. The van der Waals surface area contributed by atoms with E-state index in [4.69, 9.17) is 10.4 Å². The second kappa shape index (κ2) is 5.11. The monoisotopic (exact) mass is 216 g/mol. The normalized spacial score (nSPS) is 20.9. The molecular formula is C13H16N2O. The van der Waals surface area contributed by atoms with Gasteiger partial charge in [-0.1, -0.05) is 12.1 Å². The highest BCUT2D eigenvalue weighted by molar-refractivity contribution is 5.31. The molecule has 0 amide bonds.